The Morgan fingerprint density at radius 2 is 0.830 bits per heavy atom. The van der Waals surface area contributed by atoms with E-state index >= 15 is 4.79 Å². The fraction of sp³-hybridized carbons (Fsp3) is 0.426. The number of thioether (sulfide) groups is 2. The van der Waals surface area contributed by atoms with Gasteiger partial charge < -0.3 is 63.1 Å². The maximum atomic E-state index is 15.1. The number of hydrogen-bond donors (Lipinski definition) is 3. The average molecular weight is 1950 g/mol. The molecule has 2 aliphatic carbocycles. The lowest BCUT2D eigenvalue weighted by molar-refractivity contribution is -0.191. The summed E-state index contributed by atoms with van der Waals surface area (Å²) >= 11 is 3.52. The number of carbonyl (C=O) groups is 3. The zero-order chi connectivity index (χ0) is 102. The number of likely N-dealkylation sites (N-methyl/N-ethyl adjacent to an activating group) is 2. The number of nitriles is 2. The van der Waals surface area contributed by atoms with E-state index in [4.69, 9.17) is 57.0 Å². The molecule has 0 spiro atoms. The zero-order valence-electron chi connectivity index (χ0n) is 84.4. The molecule has 0 saturated carbocycles. The van der Waals surface area contributed by atoms with Crippen molar-refractivity contribution < 1.29 is 76.4 Å². The van der Waals surface area contributed by atoms with Gasteiger partial charge in [0.1, 0.15) is 85.9 Å². The number of ether oxygens (including phenoxy) is 10. The van der Waals surface area contributed by atoms with Gasteiger partial charge in [-0.25, -0.2) is 9.59 Å². The quantitative estimate of drug-likeness (QED) is 0.0246. The molecule has 0 aromatic heterocycles. The Morgan fingerprint density at radius 1 is 0.482 bits per heavy atom. The lowest BCUT2D eigenvalue weighted by atomic mass is 9.71. The maximum absolute atomic E-state index is 15.1. The number of fused-ring (bicyclic) bond motifs is 20. The van der Waals surface area contributed by atoms with Crippen molar-refractivity contribution in [2.24, 2.45) is 0 Å². The van der Waals surface area contributed by atoms with Crippen LogP contribution in [0.25, 0.3) is 22.3 Å². The summed E-state index contributed by atoms with van der Waals surface area (Å²) in [7, 11) is 7.55. The van der Waals surface area contributed by atoms with Crippen molar-refractivity contribution in [1.29, 1.82) is 10.5 Å². The Kier molecular flexibility index (Phi) is 35.4. The van der Waals surface area contributed by atoms with E-state index in [9.17, 15) is 25.2 Å². The lowest BCUT2D eigenvalue weighted by Gasteiger charge is -2.60. The van der Waals surface area contributed by atoms with E-state index < -0.39 is 47.5 Å². The number of amides is 2. The van der Waals surface area contributed by atoms with Crippen LogP contribution in [0, 0.1) is 64.2 Å². The molecular formula is C115H136N8O16S2. The highest BCUT2D eigenvalue weighted by Gasteiger charge is 2.59. The number of piperazine rings is 2. The van der Waals surface area contributed by atoms with E-state index in [1.54, 1.807) is 62.4 Å². The van der Waals surface area contributed by atoms with Crippen LogP contribution in [0.3, 0.4) is 0 Å². The molecule has 2 fully saturated rings. The molecule has 141 heavy (non-hydrogen) atoms. The minimum absolute atomic E-state index is 0.0880. The average Bonchev–Trinajstić information content (AvgIpc) is 1.24. The van der Waals surface area contributed by atoms with Gasteiger partial charge in [0.2, 0.25) is 0 Å². The number of aliphatic hydroxyl groups is 1. The van der Waals surface area contributed by atoms with Gasteiger partial charge in [-0.1, -0.05) is 185 Å². The molecule has 0 radical (unpaired) electrons. The van der Waals surface area contributed by atoms with E-state index in [2.05, 4.69) is 212 Å². The molecule has 6 aliphatic heterocycles. The zero-order valence-corrected chi connectivity index (χ0v) is 86.0. The van der Waals surface area contributed by atoms with E-state index in [0.29, 0.717) is 98.9 Å². The predicted octanol–water partition coefficient (Wildman–Crippen LogP) is 20.4. The predicted molar refractivity (Wildman–Crippen MR) is 556 cm³/mol. The second-order valence-corrected chi connectivity index (χ2v) is 41.0. The monoisotopic (exact) mass is 1950 g/mol. The van der Waals surface area contributed by atoms with Gasteiger partial charge >= 0.3 is 18.3 Å². The van der Waals surface area contributed by atoms with Gasteiger partial charge in [0.05, 0.1) is 57.1 Å². The Bertz CT molecular complexity index is 6030. The van der Waals surface area contributed by atoms with Crippen molar-refractivity contribution in [2.75, 3.05) is 104 Å². The van der Waals surface area contributed by atoms with E-state index in [1.165, 1.54) is 44.5 Å². The van der Waals surface area contributed by atoms with Crippen molar-refractivity contribution in [3.05, 3.63) is 285 Å². The number of hydrogen-bond acceptors (Lipinski definition) is 24. The number of methoxy groups -OCH3 is 2. The first-order chi connectivity index (χ1) is 67.8. The van der Waals surface area contributed by atoms with Crippen molar-refractivity contribution in [3.8, 4) is 80.4 Å². The Hall–Kier alpha value is -12.3. The number of nitrogens with zero attached hydrogens (tertiary/aromatic N) is 6. The molecule has 3 N–H and O–H groups in total. The minimum Gasteiger partial charge on any atom is -0.493 e. The number of aryl methyl sites for hydroxylation is 2. The van der Waals surface area contributed by atoms with Gasteiger partial charge in [-0.3, -0.25) is 24.4 Å². The molecular weight excluding hydrogens is 1810 g/mol. The normalized spacial score (nSPS) is 19.9. The van der Waals surface area contributed by atoms with Crippen LogP contribution in [0.1, 0.15) is 191 Å². The summed E-state index contributed by atoms with van der Waals surface area (Å²) in [5, 5.41) is 39.1. The first kappa shape index (κ1) is 106. The third kappa shape index (κ3) is 22.0. The number of aliphatic hydroxyl groups excluding tert-OH is 1. The highest BCUT2D eigenvalue weighted by atomic mass is 32.2. The van der Waals surface area contributed by atoms with Gasteiger partial charge in [-0.2, -0.15) is 43.6 Å². The molecule has 6 heterocycles. The van der Waals surface area contributed by atoms with Crippen LogP contribution in [0.5, 0.6) is 46.0 Å². The first-order valence-corrected chi connectivity index (χ1v) is 50.7. The van der Waals surface area contributed by atoms with E-state index in [-0.39, 0.29) is 93.0 Å². The minimum atomic E-state index is -0.848. The van der Waals surface area contributed by atoms with Crippen LogP contribution < -0.4 is 48.5 Å². The molecule has 26 heteroatoms. The largest absolute Gasteiger partial charge is 0.493 e. The van der Waals surface area contributed by atoms with Gasteiger partial charge in [-0.15, -0.1) is 0 Å². The summed E-state index contributed by atoms with van der Waals surface area (Å²) < 4.78 is 61.9. The van der Waals surface area contributed by atoms with Crippen LogP contribution in [-0.2, 0) is 49.5 Å². The lowest BCUT2D eigenvalue weighted by Crippen LogP contribution is -2.68. The van der Waals surface area contributed by atoms with Gasteiger partial charge in [0.25, 0.3) is 0 Å². The number of Topliss-reactive ketones (excluding diaryl/α,β-unsaturated/α-hetero) is 1. The summed E-state index contributed by atoms with van der Waals surface area (Å²) in [5.74, 6) is 9.15. The highest BCUT2D eigenvalue weighted by molar-refractivity contribution is 7.99. The van der Waals surface area contributed by atoms with Crippen LogP contribution in [-0.4, -0.2) is 206 Å². The maximum Gasteiger partial charge on any atom is 0.408 e. The number of rotatable bonds is 35. The van der Waals surface area contributed by atoms with Gasteiger partial charge in [0, 0.05) is 111 Å². The molecule has 4 bridgehead atoms. The number of alkyl carbamates (subject to hydrolysis) is 2. The molecule has 8 aromatic rings. The number of carbonyl (C=O) groups excluding carboxylic acids is 5. The third-order valence-corrected chi connectivity index (χ3v) is 30.3. The smallest absolute Gasteiger partial charge is 0.408 e. The van der Waals surface area contributed by atoms with Crippen molar-refractivity contribution in [3.63, 3.8) is 0 Å². The fourth-order valence-corrected chi connectivity index (χ4v) is 24.6. The second-order valence-electron chi connectivity index (χ2n) is 38.8. The molecule has 2 amide bonds. The number of benzene rings is 8. The van der Waals surface area contributed by atoms with E-state index in [1.807, 2.05) is 87.9 Å². The molecule has 11 atom stereocenters. The molecule has 16 rings (SSSR count). The summed E-state index contributed by atoms with van der Waals surface area (Å²) in [4.78, 5) is 65.9. The second kappa shape index (κ2) is 47.0. The van der Waals surface area contributed by atoms with Crippen LogP contribution in [0.4, 0.5) is 9.59 Å². The van der Waals surface area contributed by atoms with E-state index in [0.717, 1.165) is 112 Å². The Morgan fingerprint density at radius 3 is 1.20 bits per heavy atom. The summed E-state index contributed by atoms with van der Waals surface area (Å²) in [6.07, 6.45) is 12.5. The molecule has 744 valence electrons. The first-order valence-electron chi connectivity index (χ1n) is 48.4. The third-order valence-electron chi connectivity index (χ3n) is 28.1. The summed E-state index contributed by atoms with van der Waals surface area (Å²) in [5.41, 5.74) is 23.2. The molecule has 8 aromatic carbocycles. The van der Waals surface area contributed by atoms with Crippen LogP contribution in [0.15, 0.2) is 185 Å². The summed E-state index contributed by atoms with van der Waals surface area (Å²) in [6.45, 7) is 49.1. The van der Waals surface area contributed by atoms with Crippen molar-refractivity contribution in [2.45, 2.75) is 211 Å². The molecule has 2 saturated heterocycles. The van der Waals surface area contributed by atoms with Gasteiger partial charge in [0.15, 0.2) is 28.8 Å². The fourth-order valence-electron chi connectivity index (χ4n) is 22.4. The topological polar surface area (TPSA) is 282 Å². The number of ketones is 1. The van der Waals surface area contributed by atoms with Gasteiger partial charge in [-0.05, 0) is 218 Å². The van der Waals surface area contributed by atoms with Crippen LogP contribution in [0.2, 0.25) is 0 Å². The summed E-state index contributed by atoms with van der Waals surface area (Å²) in [6, 6.07) is 40.2. The molecule has 0 unspecified atom stereocenters. The van der Waals surface area contributed by atoms with Crippen molar-refractivity contribution in [1.82, 2.24) is 30.2 Å². The Labute approximate surface area is 840 Å². The van der Waals surface area contributed by atoms with Crippen LogP contribution >= 0.6 is 23.5 Å². The Balaban J connectivity index is 0.000000198. The SMILES string of the molecule is C=CCOc1c(C)c(C)c(OCC=C)c2c1C[C@H]1[C@H]3c4c(cc(C)c(OC)c4OCC=C)C[C@@H]([C@H](C#N)N1[C@H]2CCC(=O)[C@@H](CSCC1c2ccccc2-c2ccccc21)NC(=O)OC(C)(C)C)N3C.C=CCOc1c(C)c(C)c(OCC=C)c2c1C[C@H]1[C@H]3c4c(cc(C)c(OC)c4OCC=C)C[C@@H]([C@H](C#N)N1[C@H]2CO)N3C.CC(C)(C)OC(=O)NCCSCC1c2ccccc2-c2ccccc21.O=C=O. The molecule has 24 nitrogen and oxygen atoms in total. The standard InChI is InChI=1S/C58H68N4O7S.C35H43N3O5.C21H25NO2S.CO2/c1-12-25-66-54-35(5)36(6)55(67-26-13-2)51-42(54)30-47-52-50-37(28-34(4)53(65-11)56(50)68-27-14-3)29-46(61(52)10)48(31-59)62(47)45(51)23-24-49(63)44(60-57(64)69-58(7,8)9)33-70-32-43-40-21-17-15-19-38(40)39-20-16-18-22-41(39)43;1-9-12-41-33-21(5)22(6)34(42-13-10-2)30-24(33)17-26-31-29-23(15-20(4)32(40-8)35(29)43-14-11-3)16-25(37(31)7)27(18-36)38(26)28(30)19-39;1-21(2,3)24-20(23)22-12-13-25-14-19-17-10-6-4-8-15(17)16-9-5-7-11-18(16)19;2-1-3/h12-22,28,43-48,52H,1-3,23-27,29-30,32-33H2,4-11H3,(H,60,64);9-11,15,25-28,31,39H,1-3,12-14,16-17,19H2,4-8H3;4-11,19H,12-14H2,1-3H3,(H,22,23);/t44-,45+,46+,47+,48+,52+;25-,26-,27-,28-,31-;;/m10../s1. The highest BCUT2D eigenvalue weighted by Crippen LogP contribution is 2.61. The number of nitrogens with one attached hydrogen (secondary N) is 2. The van der Waals surface area contributed by atoms with Crippen molar-refractivity contribution >= 4 is 47.6 Å². The molecule has 8 aliphatic rings.